The van der Waals surface area contributed by atoms with Gasteiger partial charge in [-0.25, -0.2) is 4.68 Å². The molecular weight excluding hydrogens is 264 g/mol. The summed E-state index contributed by atoms with van der Waals surface area (Å²) >= 11 is 0. The van der Waals surface area contributed by atoms with Gasteiger partial charge in [-0.3, -0.25) is 4.79 Å². The van der Waals surface area contributed by atoms with Crippen molar-refractivity contribution in [2.45, 2.75) is 51.2 Å². The minimum absolute atomic E-state index is 0.0516. The molecule has 2 aliphatic rings. The molecule has 4 nitrogen and oxygen atoms in total. The van der Waals surface area contributed by atoms with Crippen LogP contribution in [-0.4, -0.2) is 22.2 Å². The van der Waals surface area contributed by atoms with Crippen LogP contribution in [0.25, 0.3) is 10.9 Å². The van der Waals surface area contributed by atoms with Crippen molar-refractivity contribution in [2.24, 2.45) is 0 Å². The molecular formula is C17H20N2O2. The Labute approximate surface area is 124 Å². The number of carbonyl (C=O) groups excluding carboxylic acids is 1. The zero-order chi connectivity index (χ0) is 14.2. The molecule has 0 N–H and O–H groups in total. The molecule has 0 amide bonds. The number of ether oxygens (including phenoxy) is 1. The van der Waals surface area contributed by atoms with Crippen LogP contribution in [0.5, 0.6) is 0 Å². The number of fused-ring (bicyclic) bond motifs is 3. The van der Waals surface area contributed by atoms with Gasteiger partial charge in [0.05, 0.1) is 11.7 Å². The largest absolute Gasteiger partial charge is 0.356 e. The van der Waals surface area contributed by atoms with Gasteiger partial charge in [-0.15, -0.1) is 0 Å². The Morgan fingerprint density at radius 3 is 2.90 bits per heavy atom. The SMILES string of the molecule is O=C1CCCCc2c1ccc1c2cnn1C1CCCCO1. The fourth-order valence-corrected chi connectivity index (χ4v) is 3.58. The zero-order valence-electron chi connectivity index (χ0n) is 12.2. The van der Waals surface area contributed by atoms with E-state index in [9.17, 15) is 4.79 Å². The number of rotatable bonds is 1. The smallest absolute Gasteiger partial charge is 0.163 e. The number of hydrogen-bond donors (Lipinski definition) is 0. The first kappa shape index (κ1) is 13.0. The number of aromatic nitrogens is 2. The first-order chi connectivity index (χ1) is 10.3. The maximum absolute atomic E-state index is 12.2. The number of Topliss-reactive ketones (excluding diaryl/α,β-unsaturated/α-hetero) is 1. The Hall–Kier alpha value is -1.68. The second-order valence-electron chi connectivity index (χ2n) is 6.07. The first-order valence-corrected chi connectivity index (χ1v) is 7.98. The van der Waals surface area contributed by atoms with E-state index >= 15 is 0 Å². The van der Waals surface area contributed by atoms with Crippen LogP contribution in [0.1, 0.15) is 60.7 Å². The summed E-state index contributed by atoms with van der Waals surface area (Å²) in [5.74, 6) is 0.283. The number of aryl methyl sites for hydroxylation is 1. The van der Waals surface area contributed by atoms with Crippen molar-refractivity contribution in [3.63, 3.8) is 0 Å². The summed E-state index contributed by atoms with van der Waals surface area (Å²) in [6.07, 6.45) is 9.06. The van der Waals surface area contributed by atoms with Crippen molar-refractivity contribution in [1.82, 2.24) is 9.78 Å². The lowest BCUT2D eigenvalue weighted by molar-refractivity contribution is -0.0366. The average molecular weight is 284 g/mol. The number of nitrogens with zero attached hydrogens (tertiary/aromatic N) is 2. The maximum Gasteiger partial charge on any atom is 0.163 e. The summed E-state index contributed by atoms with van der Waals surface area (Å²) in [5.41, 5.74) is 3.21. The van der Waals surface area contributed by atoms with Crippen molar-refractivity contribution in [2.75, 3.05) is 6.61 Å². The molecule has 2 heterocycles. The highest BCUT2D eigenvalue weighted by Crippen LogP contribution is 2.31. The summed E-state index contributed by atoms with van der Waals surface area (Å²) in [5, 5.41) is 5.70. The summed E-state index contributed by atoms with van der Waals surface area (Å²) < 4.78 is 7.86. The Kier molecular flexibility index (Phi) is 3.26. The molecule has 1 aliphatic carbocycles. The topological polar surface area (TPSA) is 44.1 Å². The highest BCUT2D eigenvalue weighted by atomic mass is 16.5. The van der Waals surface area contributed by atoms with E-state index in [1.165, 1.54) is 12.0 Å². The lowest BCUT2D eigenvalue weighted by Gasteiger charge is -2.23. The Balaban J connectivity index is 1.82. The van der Waals surface area contributed by atoms with Gasteiger partial charge in [0.1, 0.15) is 0 Å². The third kappa shape index (κ3) is 2.18. The molecule has 1 aromatic heterocycles. The van der Waals surface area contributed by atoms with Gasteiger partial charge in [0, 0.05) is 24.0 Å². The highest BCUT2D eigenvalue weighted by molar-refractivity contribution is 6.02. The minimum atomic E-state index is 0.0516. The van der Waals surface area contributed by atoms with Crippen molar-refractivity contribution >= 4 is 16.7 Å². The number of hydrogen-bond acceptors (Lipinski definition) is 3. The van der Waals surface area contributed by atoms with Crippen LogP contribution in [0.4, 0.5) is 0 Å². The van der Waals surface area contributed by atoms with E-state index in [1.54, 1.807) is 0 Å². The molecule has 1 unspecified atom stereocenters. The molecule has 2 aromatic rings. The van der Waals surface area contributed by atoms with Crippen LogP contribution in [0.2, 0.25) is 0 Å². The lowest BCUT2D eigenvalue weighted by atomic mass is 9.98. The van der Waals surface area contributed by atoms with Crippen molar-refractivity contribution in [3.05, 3.63) is 29.5 Å². The molecule has 0 saturated carbocycles. The number of carbonyl (C=O) groups is 1. The van der Waals surface area contributed by atoms with Crippen LogP contribution in [0.15, 0.2) is 18.3 Å². The molecule has 1 saturated heterocycles. The summed E-state index contributed by atoms with van der Waals surface area (Å²) in [4.78, 5) is 12.2. The maximum atomic E-state index is 12.2. The van der Waals surface area contributed by atoms with Gasteiger partial charge in [-0.2, -0.15) is 5.10 Å². The fourth-order valence-electron chi connectivity index (χ4n) is 3.58. The van der Waals surface area contributed by atoms with Crippen LogP contribution < -0.4 is 0 Å². The normalized spacial score (nSPS) is 23.0. The van der Waals surface area contributed by atoms with E-state index in [0.29, 0.717) is 6.42 Å². The monoisotopic (exact) mass is 284 g/mol. The van der Waals surface area contributed by atoms with Gasteiger partial charge in [-0.1, -0.05) is 0 Å². The molecule has 0 bridgehead atoms. The first-order valence-electron chi connectivity index (χ1n) is 7.98. The average Bonchev–Trinajstić information content (AvgIpc) is 2.87. The van der Waals surface area contributed by atoms with Gasteiger partial charge in [0.2, 0.25) is 0 Å². The van der Waals surface area contributed by atoms with Crippen molar-refractivity contribution in [3.8, 4) is 0 Å². The van der Waals surface area contributed by atoms with Gasteiger partial charge >= 0.3 is 0 Å². The molecule has 1 fully saturated rings. The van der Waals surface area contributed by atoms with E-state index in [1.807, 2.05) is 23.0 Å². The van der Waals surface area contributed by atoms with Gasteiger partial charge < -0.3 is 4.74 Å². The third-order valence-electron chi connectivity index (χ3n) is 4.70. The Bertz CT molecular complexity index is 683. The Morgan fingerprint density at radius 1 is 1.14 bits per heavy atom. The molecule has 0 spiro atoms. The van der Waals surface area contributed by atoms with E-state index in [2.05, 4.69) is 5.10 Å². The van der Waals surface area contributed by atoms with Crippen LogP contribution in [0.3, 0.4) is 0 Å². The Morgan fingerprint density at radius 2 is 2.05 bits per heavy atom. The second kappa shape index (κ2) is 5.26. The van der Waals surface area contributed by atoms with E-state index in [0.717, 1.165) is 55.2 Å². The summed E-state index contributed by atoms with van der Waals surface area (Å²) in [7, 11) is 0. The molecule has 110 valence electrons. The van der Waals surface area contributed by atoms with Crippen molar-refractivity contribution in [1.29, 1.82) is 0 Å². The van der Waals surface area contributed by atoms with Crippen LogP contribution >= 0.6 is 0 Å². The van der Waals surface area contributed by atoms with E-state index in [-0.39, 0.29) is 12.0 Å². The predicted molar refractivity (Wildman–Crippen MR) is 80.5 cm³/mol. The van der Waals surface area contributed by atoms with Crippen LogP contribution in [0, 0.1) is 0 Å². The number of benzene rings is 1. The molecule has 21 heavy (non-hydrogen) atoms. The van der Waals surface area contributed by atoms with E-state index in [4.69, 9.17) is 4.74 Å². The number of ketones is 1. The zero-order valence-corrected chi connectivity index (χ0v) is 12.2. The standard InChI is InChI=1S/C17H20N2O2/c20-16-6-2-1-5-12-13(16)8-9-15-14(12)11-18-19(15)17-7-3-4-10-21-17/h8-9,11,17H,1-7,10H2. The van der Waals surface area contributed by atoms with Gasteiger partial charge in [-0.05, 0) is 56.2 Å². The third-order valence-corrected chi connectivity index (χ3v) is 4.70. The second-order valence-corrected chi connectivity index (χ2v) is 6.07. The molecule has 1 atom stereocenters. The molecule has 4 heteroatoms. The molecule has 1 aromatic carbocycles. The fraction of sp³-hybridized carbons (Fsp3) is 0.529. The summed E-state index contributed by atoms with van der Waals surface area (Å²) in [6, 6.07) is 4.04. The highest BCUT2D eigenvalue weighted by Gasteiger charge is 2.22. The van der Waals surface area contributed by atoms with Gasteiger partial charge in [0.15, 0.2) is 12.0 Å². The summed E-state index contributed by atoms with van der Waals surface area (Å²) in [6.45, 7) is 0.815. The quantitative estimate of drug-likeness (QED) is 0.751. The van der Waals surface area contributed by atoms with E-state index < -0.39 is 0 Å². The lowest BCUT2D eigenvalue weighted by Crippen LogP contribution is -2.19. The van der Waals surface area contributed by atoms with Crippen LogP contribution in [-0.2, 0) is 11.2 Å². The molecule has 1 aliphatic heterocycles. The minimum Gasteiger partial charge on any atom is -0.356 e. The molecule has 4 rings (SSSR count). The predicted octanol–water partition coefficient (Wildman–Crippen LogP) is 3.64. The van der Waals surface area contributed by atoms with Crippen molar-refractivity contribution < 1.29 is 9.53 Å². The van der Waals surface area contributed by atoms with Gasteiger partial charge in [0.25, 0.3) is 0 Å². The molecule has 0 radical (unpaired) electrons.